The zero-order valence-electron chi connectivity index (χ0n) is 16.5. The summed E-state index contributed by atoms with van der Waals surface area (Å²) in [4.78, 5) is 12.5. The van der Waals surface area contributed by atoms with E-state index < -0.39 is 16.0 Å². The van der Waals surface area contributed by atoms with Crippen molar-refractivity contribution in [2.45, 2.75) is 11.8 Å². The van der Waals surface area contributed by atoms with Crippen molar-refractivity contribution in [3.8, 4) is 22.6 Å². The van der Waals surface area contributed by atoms with Crippen LogP contribution in [0.25, 0.3) is 11.1 Å². The molecule has 0 N–H and O–H groups in total. The van der Waals surface area contributed by atoms with Gasteiger partial charge < -0.3 is 14.2 Å². The minimum atomic E-state index is -3.91. The van der Waals surface area contributed by atoms with Gasteiger partial charge in [-0.2, -0.15) is 0 Å². The zero-order chi connectivity index (χ0) is 21.2. The number of benzene rings is 2. The minimum absolute atomic E-state index is 0.0924. The van der Waals surface area contributed by atoms with E-state index in [9.17, 15) is 13.2 Å². The van der Waals surface area contributed by atoms with Crippen molar-refractivity contribution in [1.29, 1.82) is 0 Å². The average molecular weight is 415 g/mol. The van der Waals surface area contributed by atoms with E-state index in [1.807, 2.05) is 6.92 Å². The molecule has 0 spiro atoms. The Morgan fingerprint density at radius 2 is 1.59 bits per heavy atom. The highest BCUT2D eigenvalue weighted by atomic mass is 32.2. The third-order valence-corrected chi connectivity index (χ3v) is 6.14. The molecule has 0 atom stereocenters. The molecule has 7 nitrogen and oxygen atoms in total. The zero-order valence-corrected chi connectivity index (χ0v) is 17.3. The van der Waals surface area contributed by atoms with Crippen LogP contribution in [0, 0.1) is 6.92 Å². The normalized spacial score (nSPS) is 11.2. The van der Waals surface area contributed by atoms with Crippen LogP contribution < -0.4 is 9.47 Å². The maximum Gasteiger partial charge on any atom is 0.340 e. The summed E-state index contributed by atoms with van der Waals surface area (Å²) in [6, 6.07) is 11.5. The minimum Gasteiger partial charge on any atom is -0.497 e. The molecule has 0 amide bonds. The average Bonchev–Trinajstić information content (AvgIpc) is 3.19. The van der Waals surface area contributed by atoms with Gasteiger partial charge >= 0.3 is 5.97 Å². The van der Waals surface area contributed by atoms with Crippen LogP contribution in [-0.2, 0) is 14.8 Å². The highest BCUT2D eigenvalue weighted by molar-refractivity contribution is 7.90. The van der Waals surface area contributed by atoms with E-state index in [1.54, 1.807) is 30.3 Å². The van der Waals surface area contributed by atoms with E-state index in [0.29, 0.717) is 22.6 Å². The first-order valence-electron chi connectivity index (χ1n) is 8.66. The number of rotatable bonds is 6. The van der Waals surface area contributed by atoms with Crippen LogP contribution in [0.15, 0.2) is 59.8 Å². The number of carbonyl (C=O) groups excluding carboxylic acids is 1. The summed E-state index contributed by atoms with van der Waals surface area (Å²) in [5, 5.41) is 0. The monoisotopic (exact) mass is 415 g/mol. The summed E-state index contributed by atoms with van der Waals surface area (Å²) in [6.07, 6.45) is 2.62. The fourth-order valence-corrected chi connectivity index (χ4v) is 4.13. The van der Waals surface area contributed by atoms with Gasteiger partial charge in [0.2, 0.25) is 0 Å². The standard InChI is InChI=1S/C21H21NO6S/c1-14-5-8-16(9-6-14)29(24,25)22-12-18(19(13-22)21(23)28-4)17-11-15(26-2)7-10-20(17)27-3/h5-13H,1-4H3. The van der Waals surface area contributed by atoms with E-state index in [2.05, 4.69) is 0 Å². The molecular formula is C21H21NO6S. The molecule has 1 heterocycles. The van der Waals surface area contributed by atoms with Crippen LogP contribution in [0.4, 0.5) is 0 Å². The van der Waals surface area contributed by atoms with Crippen molar-refractivity contribution >= 4 is 16.0 Å². The van der Waals surface area contributed by atoms with Gasteiger partial charge in [-0.15, -0.1) is 0 Å². The second-order valence-electron chi connectivity index (χ2n) is 6.29. The summed E-state index contributed by atoms with van der Waals surface area (Å²) < 4.78 is 42.7. The van der Waals surface area contributed by atoms with Crippen LogP contribution in [0.5, 0.6) is 11.5 Å². The predicted octanol–water partition coefficient (Wildman–Crippen LogP) is 3.50. The van der Waals surface area contributed by atoms with E-state index in [-0.39, 0.29) is 10.5 Å². The Morgan fingerprint density at radius 3 is 2.17 bits per heavy atom. The lowest BCUT2D eigenvalue weighted by Gasteiger charge is -2.10. The van der Waals surface area contributed by atoms with Gasteiger partial charge in [-0.1, -0.05) is 17.7 Å². The summed E-state index contributed by atoms with van der Waals surface area (Å²) in [6.45, 7) is 1.87. The second-order valence-corrected chi connectivity index (χ2v) is 8.13. The van der Waals surface area contributed by atoms with Gasteiger partial charge in [0.1, 0.15) is 11.5 Å². The van der Waals surface area contributed by atoms with Gasteiger partial charge in [-0.3, -0.25) is 0 Å². The summed E-state index contributed by atoms with van der Waals surface area (Å²) in [7, 11) is 0.334. The maximum atomic E-state index is 13.1. The van der Waals surface area contributed by atoms with Crippen LogP contribution in [0.3, 0.4) is 0 Å². The van der Waals surface area contributed by atoms with Gasteiger partial charge in [-0.05, 0) is 37.3 Å². The Balaban J connectivity index is 2.23. The van der Waals surface area contributed by atoms with Crippen LogP contribution in [0.1, 0.15) is 15.9 Å². The number of carbonyl (C=O) groups is 1. The molecule has 29 heavy (non-hydrogen) atoms. The first kappa shape index (κ1) is 20.5. The van der Waals surface area contributed by atoms with Gasteiger partial charge in [0.15, 0.2) is 0 Å². The quantitative estimate of drug-likeness (QED) is 0.573. The van der Waals surface area contributed by atoms with E-state index in [0.717, 1.165) is 9.54 Å². The molecule has 0 saturated heterocycles. The van der Waals surface area contributed by atoms with Crippen molar-refractivity contribution in [2.24, 2.45) is 0 Å². The van der Waals surface area contributed by atoms with Crippen molar-refractivity contribution in [1.82, 2.24) is 3.97 Å². The lowest BCUT2D eigenvalue weighted by Crippen LogP contribution is -2.11. The second kappa shape index (κ2) is 8.00. The Hall–Kier alpha value is -3.26. The molecule has 0 bridgehead atoms. The van der Waals surface area contributed by atoms with Crippen molar-refractivity contribution < 1.29 is 27.4 Å². The number of hydrogen-bond acceptors (Lipinski definition) is 6. The summed E-state index contributed by atoms with van der Waals surface area (Å²) in [5.41, 5.74) is 1.89. The fourth-order valence-electron chi connectivity index (χ4n) is 2.91. The molecule has 0 aliphatic carbocycles. The molecular weight excluding hydrogens is 394 g/mol. The third kappa shape index (κ3) is 3.84. The smallest absolute Gasteiger partial charge is 0.340 e. The summed E-state index contributed by atoms with van der Waals surface area (Å²) in [5.74, 6) is 0.329. The molecule has 0 radical (unpaired) electrons. The molecule has 2 aromatic carbocycles. The Bertz CT molecular complexity index is 1150. The highest BCUT2D eigenvalue weighted by Gasteiger charge is 2.25. The number of aryl methyl sites for hydroxylation is 1. The molecule has 1 aromatic heterocycles. The number of hydrogen-bond donors (Lipinski definition) is 0. The molecule has 8 heteroatoms. The number of esters is 1. The van der Waals surface area contributed by atoms with E-state index >= 15 is 0 Å². The number of methoxy groups -OCH3 is 3. The van der Waals surface area contributed by atoms with Crippen LogP contribution in [-0.4, -0.2) is 39.7 Å². The van der Waals surface area contributed by atoms with Gasteiger partial charge in [-0.25, -0.2) is 17.2 Å². The summed E-state index contributed by atoms with van der Waals surface area (Å²) >= 11 is 0. The fraction of sp³-hybridized carbons (Fsp3) is 0.190. The lowest BCUT2D eigenvalue weighted by molar-refractivity contribution is 0.0601. The number of aromatic nitrogens is 1. The molecule has 0 unspecified atom stereocenters. The van der Waals surface area contributed by atoms with Crippen molar-refractivity contribution in [2.75, 3.05) is 21.3 Å². The molecule has 3 aromatic rings. The van der Waals surface area contributed by atoms with Gasteiger partial charge in [0, 0.05) is 23.5 Å². The Morgan fingerprint density at radius 1 is 0.897 bits per heavy atom. The predicted molar refractivity (Wildman–Crippen MR) is 108 cm³/mol. The number of nitrogens with zero attached hydrogens (tertiary/aromatic N) is 1. The number of ether oxygens (including phenoxy) is 3. The molecule has 0 saturated carbocycles. The topological polar surface area (TPSA) is 83.8 Å². The molecule has 0 aliphatic rings. The molecule has 0 aliphatic heterocycles. The largest absolute Gasteiger partial charge is 0.497 e. The molecule has 3 rings (SSSR count). The third-order valence-electron chi connectivity index (χ3n) is 4.50. The Labute approximate surface area is 169 Å². The first-order valence-corrected chi connectivity index (χ1v) is 10.1. The Kier molecular flexibility index (Phi) is 5.65. The SMILES string of the molecule is COC(=O)c1cn(S(=O)(=O)c2ccc(C)cc2)cc1-c1cc(OC)ccc1OC. The van der Waals surface area contributed by atoms with Crippen LogP contribution in [0.2, 0.25) is 0 Å². The lowest BCUT2D eigenvalue weighted by atomic mass is 10.0. The first-order chi connectivity index (χ1) is 13.8. The van der Waals surface area contributed by atoms with Gasteiger partial charge in [0.25, 0.3) is 10.0 Å². The van der Waals surface area contributed by atoms with Gasteiger partial charge in [0.05, 0.1) is 31.8 Å². The molecule has 152 valence electrons. The molecule has 0 fully saturated rings. The van der Waals surface area contributed by atoms with E-state index in [4.69, 9.17) is 14.2 Å². The van der Waals surface area contributed by atoms with Crippen molar-refractivity contribution in [3.63, 3.8) is 0 Å². The maximum absolute atomic E-state index is 13.1. The van der Waals surface area contributed by atoms with E-state index in [1.165, 1.54) is 45.9 Å². The van der Waals surface area contributed by atoms with Crippen molar-refractivity contribution in [3.05, 3.63) is 66.0 Å². The highest BCUT2D eigenvalue weighted by Crippen LogP contribution is 2.37. The van der Waals surface area contributed by atoms with Crippen LogP contribution >= 0.6 is 0 Å².